The normalized spacial score (nSPS) is 16.8. The average Bonchev–Trinajstić information content (AvgIpc) is 3.13. The van der Waals surface area contributed by atoms with Crippen molar-refractivity contribution in [2.45, 2.75) is 46.1 Å². The van der Waals surface area contributed by atoms with Crippen LogP contribution >= 0.6 is 11.3 Å². The minimum atomic E-state index is -0.0452. The zero-order valence-corrected chi connectivity index (χ0v) is 19.1. The first kappa shape index (κ1) is 21.5. The fraction of sp³-hybridized carbons (Fsp3) is 0.375. The molecule has 6 nitrogen and oxygen atoms in total. The summed E-state index contributed by atoms with van der Waals surface area (Å²) in [5.41, 5.74) is 6.37. The molecule has 0 aliphatic carbocycles. The van der Waals surface area contributed by atoms with E-state index in [1.165, 1.54) is 18.9 Å². The number of aryl methyl sites for hydroxylation is 2. The molecule has 162 valence electrons. The number of carbonyl (C=O) groups excluding carboxylic acids is 1. The maximum absolute atomic E-state index is 11.2. The molecule has 0 spiro atoms. The van der Waals surface area contributed by atoms with Gasteiger partial charge in [-0.25, -0.2) is 4.98 Å². The van der Waals surface area contributed by atoms with Gasteiger partial charge in [-0.2, -0.15) is 0 Å². The first-order chi connectivity index (χ1) is 14.9. The lowest BCUT2D eigenvalue weighted by Crippen LogP contribution is -2.34. The quantitative estimate of drug-likeness (QED) is 0.554. The van der Waals surface area contributed by atoms with Crippen LogP contribution in [0.25, 0.3) is 0 Å². The predicted molar refractivity (Wildman–Crippen MR) is 127 cm³/mol. The van der Waals surface area contributed by atoms with Crippen LogP contribution in [-0.2, 0) is 11.3 Å². The van der Waals surface area contributed by atoms with Gasteiger partial charge in [-0.15, -0.1) is 11.3 Å². The van der Waals surface area contributed by atoms with E-state index in [0.29, 0.717) is 5.92 Å². The molecule has 0 unspecified atom stereocenters. The zero-order valence-electron chi connectivity index (χ0n) is 18.3. The Balaban J connectivity index is 1.42. The molecule has 3 aromatic rings. The van der Waals surface area contributed by atoms with Gasteiger partial charge in [0.1, 0.15) is 0 Å². The van der Waals surface area contributed by atoms with Crippen molar-refractivity contribution < 1.29 is 4.79 Å². The number of hydrogen-bond donors (Lipinski definition) is 2. The van der Waals surface area contributed by atoms with Gasteiger partial charge in [-0.1, -0.05) is 12.1 Å². The summed E-state index contributed by atoms with van der Waals surface area (Å²) in [4.78, 5) is 23.1. The van der Waals surface area contributed by atoms with E-state index in [1.54, 1.807) is 11.3 Å². The molecule has 7 heteroatoms. The van der Waals surface area contributed by atoms with E-state index in [9.17, 15) is 4.79 Å². The molecular formula is C24H29N5OS. The first-order valence-corrected chi connectivity index (χ1v) is 11.6. The van der Waals surface area contributed by atoms with Crippen LogP contribution < -0.4 is 10.6 Å². The third-order valence-electron chi connectivity index (χ3n) is 5.45. The molecule has 0 bridgehead atoms. The van der Waals surface area contributed by atoms with Crippen molar-refractivity contribution in [3.05, 3.63) is 64.4 Å². The molecule has 0 saturated carbocycles. The Bertz CT molecular complexity index is 1050. The molecule has 0 radical (unpaired) electrons. The Morgan fingerprint density at radius 1 is 1.13 bits per heavy atom. The largest absolute Gasteiger partial charge is 0.331 e. The highest BCUT2D eigenvalue weighted by atomic mass is 32.1. The van der Waals surface area contributed by atoms with E-state index in [1.807, 2.05) is 19.1 Å². The fourth-order valence-electron chi connectivity index (χ4n) is 4.11. The number of nitrogens with one attached hydrogen (secondary N) is 2. The number of piperidine rings is 1. The van der Waals surface area contributed by atoms with Crippen LogP contribution in [0.3, 0.4) is 0 Å². The summed E-state index contributed by atoms with van der Waals surface area (Å²) in [6.45, 7) is 8.60. The van der Waals surface area contributed by atoms with Crippen molar-refractivity contribution in [1.82, 2.24) is 14.9 Å². The number of aromatic nitrogens is 2. The van der Waals surface area contributed by atoms with Crippen molar-refractivity contribution in [3.63, 3.8) is 0 Å². The number of nitrogens with zero attached hydrogens (tertiary/aromatic N) is 3. The van der Waals surface area contributed by atoms with Gasteiger partial charge < -0.3 is 10.6 Å². The van der Waals surface area contributed by atoms with E-state index in [0.717, 1.165) is 59.6 Å². The molecule has 2 aromatic heterocycles. The standard InChI is InChI=1S/C24H29N5OS/c1-16-11-22(28-24-26-17(2)15-31-24)12-23(25-16)20-5-4-10-29(14-20)13-19-6-8-21(9-7-19)27-18(3)30/h6-9,11-12,15,20H,4-5,10,13-14H2,1-3H3,(H,27,30)(H,25,26,28)/t20-/m1/s1. The van der Waals surface area contributed by atoms with Crippen LogP contribution in [-0.4, -0.2) is 33.9 Å². The van der Waals surface area contributed by atoms with E-state index in [-0.39, 0.29) is 5.91 Å². The molecule has 1 amide bonds. The summed E-state index contributed by atoms with van der Waals surface area (Å²) in [6.07, 6.45) is 2.32. The van der Waals surface area contributed by atoms with Crippen LogP contribution in [0.2, 0.25) is 0 Å². The van der Waals surface area contributed by atoms with Crippen molar-refractivity contribution in [1.29, 1.82) is 0 Å². The maximum atomic E-state index is 11.2. The molecular weight excluding hydrogens is 406 g/mol. The van der Waals surface area contributed by atoms with Gasteiger partial charge in [-0.05, 0) is 63.1 Å². The molecule has 1 aliphatic heterocycles. The fourth-order valence-corrected chi connectivity index (χ4v) is 4.81. The van der Waals surface area contributed by atoms with Gasteiger partial charge in [0.2, 0.25) is 5.91 Å². The number of benzene rings is 1. The number of hydrogen-bond acceptors (Lipinski definition) is 6. The topological polar surface area (TPSA) is 70.2 Å². The minimum absolute atomic E-state index is 0.0452. The molecule has 2 N–H and O–H groups in total. The van der Waals surface area contributed by atoms with Crippen LogP contribution in [0.1, 0.15) is 48.3 Å². The SMILES string of the molecule is CC(=O)Nc1ccc(CN2CCC[C@@H](c3cc(Nc4nc(C)cs4)cc(C)n3)C2)cc1. The summed E-state index contributed by atoms with van der Waals surface area (Å²) in [5.74, 6) is 0.377. The van der Waals surface area contributed by atoms with Gasteiger partial charge in [0, 0.05) is 54.1 Å². The third kappa shape index (κ3) is 5.89. The Hall–Kier alpha value is -2.77. The molecule has 31 heavy (non-hydrogen) atoms. The second kappa shape index (κ2) is 9.58. The van der Waals surface area contributed by atoms with Crippen molar-refractivity contribution in [2.75, 3.05) is 23.7 Å². The Labute approximate surface area is 187 Å². The highest BCUT2D eigenvalue weighted by Gasteiger charge is 2.23. The minimum Gasteiger partial charge on any atom is -0.331 e. The maximum Gasteiger partial charge on any atom is 0.221 e. The van der Waals surface area contributed by atoms with Crippen LogP contribution in [0.15, 0.2) is 41.8 Å². The van der Waals surface area contributed by atoms with Crippen LogP contribution in [0, 0.1) is 13.8 Å². The van der Waals surface area contributed by atoms with Gasteiger partial charge >= 0.3 is 0 Å². The van der Waals surface area contributed by atoms with Crippen LogP contribution in [0.4, 0.5) is 16.5 Å². The van der Waals surface area contributed by atoms with Crippen molar-refractivity contribution in [3.8, 4) is 0 Å². The van der Waals surface area contributed by atoms with E-state index in [4.69, 9.17) is 4.98 Å². The summed E-state index contributed by atoms with van der Waals surface area (Å²) in [6, 6.07) is 12.4. The lowest BCUT2D eigenvalue weighted by Gasteiger charge is -2.32. The lowest BCUT2D eigenvalue weighted by molar-refractivity contribution is -0.114. The molecule has 1 saturated heterocycles. The van der Waals surface area contributed by atoms with Crippen molar-refractivity contribution >= 4 is 33.8 Å². The number of anilines is 3. The van der Waals surface area contributed by atoms with Gasteiger partial charge in [0.25, 0.3) is 0 Å². The number of pyridine rings is 1. The first-order valence-electron chi connectivity index (χ1n) is 10.7. The average molecular weight is 436 g/mol. The van der Waals surface area contributed by atoms with Crippen LogP contribution in [0.5, 0.6) is 0 Å². The molecule has 1 aromatic carbocycles. The molecule has 3 heterocycles. The Morgan fingerprint density at radius 2 is 1.94 bits per heavy atom. The summed E-state index contributed by atoms with van der Waals surface area (Å²) in [5, 5.41) is 9.23. The highest BCUT2D eigenvalue weighted by Crippen LogP contribution is 2.30. The highest BCUT2D eigenvalue weighted by molar-refractivity contribution is 7.13. The van der Waals surface area contributed by atoms with E-state index < -0.39 is 0 Å². The van der Waals surface area contributed by atoms with E-state index in [2.05, 4.69) is 57.1 Å². The molecule has 1 fully saturated rings. The van der Waals surface area contributed by atoms with Gasteiger partial charge in [0.05, 0.1) is 5.69 Å². The Kier molecular flexibility index (Phi) is 6.63. The van der Waals surface area contributed by atoms with E-state index >= 15 is 0 Å². The summed E-state index contributed by atoms with van der Waals surface area (Å²) in [7, 11) is 0. The van der Waals surface area contributed by atoms with Gasteiger partial charge in [0.15, 0.2) is 5.13 Å². The molecule has 1 atom stereocenters. The molecule has 4 rings (SSSR count). The van der Waals surface area contributed by atoms with Crippen molar-refractivity contribution in [2.24, 2.45) is 0 Å². The number of likely N-dealkylation sites (tertiary alicyclic amines) is 1. The zero-order chi connectivity index (χ0) is 21.8. The molecule has 1 aliphatic rings. The monoisotopic (exact) mass is 435 g/mol. The number of rotatable bonds is 6. The Morgan fingerprint density at radius 3 is 2.65 bits per heavy atom. The summed E-state index contributed by atoms with van der Waals surface area (Å²) >= 11 is 1.62. The number of amides is 1. The third-order valence-corrected chi connectivity index (χ3v) is 6.32. The predicted octanol–water partition coefficient (Wildman–Crippen LogP) is 5.24. The number of thiazole rings is 1. The number of carbonyl (C=O) groups is 1. The lowest BCUT2D eigenvalue weighted by atomic mass is 9.93. The second-order valence-electron chi connectivity index (χ2n) is 8.29. The smallest absolute Gasteiger partial charge is 0.221 e. The second-order valence-corrected chi connectivity index (χ2v) is 9.15. The van der Waals surface area contributed by atoms with Gasteiger partial charge in [-0.3, -0.25) is 14.7 Å². The summed E-state index contributed by atoms with van der Waals surface area (Å²) < 4.78 is 0.